The minimum absolute atomic E-state index is 0.0773. The lowest BCUT2D eigenvalue weighted by Crippen LogP contribution is -2.50. The number of carbonyl (C=O) groups excluding carboxylic acids is 2. The van der Waals surface area contributed by atoms with Gasteiger partial charge in [-0.2, -0.15) is 0 Å². The van der Waals surface area contributed by atoms with Crippen molar-refractivity contribution in [1.29, 1.82) is 0 Å². The topological polar surface area (TPSA) is 65.1 Å². The fraction of sp³-hybridized carbons (Fsp3) is 0.533. The third kappa shape index (κ3) is 7.25. The number of likely N-dealkylation sites (tertiary alicyclic amines) is 1. The zero-order chi connectivity index (χ0) is 26.4. The number of anilines is 1. The molecule has 2 aromatic rings. The van der Waals surface area contributed by atoms with Gasteiger partial charge >= 0.3 is 6.09 Å². The molecule has 7 heteroatoms. The van der Waals surface area contributed by atoms with Gasteiger partial charge in [-0.3, -0.25) is 9.69 Å². The number of nitrogens with one attached hydrogen (secondary N) is 1. The van der Waals surface area contributed by atoms with E-state index in [0.29, 0.717) is 19.6 Å². The fourth-order valence-electron chi connectivity index (χ4n) is 5.23. The van der Waals surface area contributed by atoms with Gasteiger partial charge in [-0.25, -0.2) is 4.79 Å². The number of rotatable bonds is 7. The summed E-state index contributed by atoms with van der Waals surface area (Å²) in [6.45, 7) is 12.9. The molecule has 1 fully saturated rings. The van der Waals surface area contributed by atoms with Gasteiger partial charge in [-0.05, 0) is 69.3 Å². The highest BCUT2D eigenvalue weighted by Gasteiger charge is 2.31. The highest BCUT2D eigenvalue weighted by Crippen LogP contribution is 2.27. The molecule has 0 saturated carbocycles. The Morgan fingerprint density at radius 3 is 2.43 bits per heavy atom. The molecule has 1 N–H and O–H groups in total. The third-order valence-corrected chi connectivity index (χ3v) is 7.30. The monoisotopic (exact) mass is 506 g/mol. The van der Waals surface area contributed by atoms with Crippen molar-refractivity contribution < 1.29 is 14.3 Å². The van der Waals surface area contributed by atoms with E-state index in [2.05, 4.69) is 47.5 Å². The lowest BCUT2D eigenvalue weighted by Gasteiger charge is -2.39. The molecular formula is C30H42N4O3. The number of benzene rings is 2. The Hall–Kier alpha value is -3.06. The van der Waals surface area contributed by atoms with E-state index < -0.39 is 5.60 Å². The first-order chi connectivity index (χ1) is 17.7. The number of hydrogen-bond donors (Lipinski definition) is 1. The molecule has 200 valence electrons. The van der Waals surface area contributed by atoms with Crippen LogP contribution in [0, 0.1) is 0 Å². The molecule has 2 aliphatic rings. The van der Waals surface area contributed by atoms with Crippen LogP contribution in [0.25, 0.3) is 0 Å². The van der Waals surface area contributed by atoms with Gasteiger partial charge in [-0.1, -0.05) is 49.4 Å². The second kappa shape index (κ2) is 12.0. The summed E-state index contributed by atoms with van der Waals surface area (Å²) in [5, 5.41) is 3.47. The number of piperidine rings is 1. The van der Waals surface area contributed by atoms with Crippen LogP contribution >= 0.6 is 0 Å². The number of likely N-dealkylation sites (N-methyl/N-ethyl adjacent to an activating group) is 1. The Kier molecular flexibility index (Phi) is 8.75. The fourth-order valence-corrected chi connectivity index (χ4v) is 5.23. The largest absolute Gasteiger partial charge is 0.444 e. The van der Waals surface area contributed by atoms with E-state index in [4.69, 9.17) is 4.74 Å². The third-order valence-electron chi connectivity index (χ3n) is 7.30. The van der Waals surface area contributed by atoms with E-state index in [1.54, 1.807) is 4.90 Å². The van der Waals surface area contributed by atoms with Gasteiger partial charge in [0.1, 0.15) is 5.60 Å². The Morgan fingerprint density at radius 1 is 1.03 bits per heavy atom. The zero-order valence-electron chi connectivity index (χ0n) is 22.8. The number of hydrogen-bond acceptors (Lipinski definition) is 5. The summed E-state index contributed by atoms with van der Waals surface area (Å²) in [6.07, 6.45) is 2.25. The SMILES string of the molecule is CCN1CCc2cccc(NCC(=O)N(Cc3ccccc3)C3CCN(C(=O)OC(C)(C)C)CC3)c2C1. The van der Waals surface area contributed by atoms with E-state index in [1.807, 2.05) is 43.9 Å². The number of nitrogens with zero attached hydrogens (tertiary/aromatic N) is 3. The maximum atomic E-state index is 13.7. The molecule has 1 saturated heterocycles. The summed E-state index contributed by atoms with van der Waals surface area (Å²) < 4.78 is 5.56. The molecule has 2 aromatic carbocycles. The minimum atomic E-state index is -0.514. The van der Waals surface area contributed by atoms with E-state index >= 15 is 0 Å². The van der Waals surface area contributed by atoms with Gasteiger partial charge in [0, 0.05) is 44.5 Å². The summed E-state index contributed by atoms with van der Waals surface area (Å²) in [6, 6.07) is 16.6. The van der Waals surface area contributed by atoms with Crippen LogP contribution in [-0.2, 0) is 29.0 Å². The van der Waals surface area contributed by atoms with E-state index in [1.165, 1.54) is 11.1 Å². The van der Waals surface area contributed by atoms with Crippen LogP contribution in [-0.4, -0.2) is 71.1 Å². The predicted molar refractivity (Wildman–Crippen MR) is 147 cm³/mol. The Balaban J connectivity index is 1.43. The van der Waals surface area contributed by atoms with Crippen molar-refractivity contribution >= 4 is 17.7 Å². The van der Waals surface area contributed by atoms with Crippen LogP contribution in [0.15, 0.2) is 48.5 Å². The van der Waals surface area contributed by atoms with Gasteiger partial charge in [0.15, 0.2) is 0 Å². The van der Waals surface area contributed by atoms with Crippen molar-refractivity contribution in [2.24, 2.45) is 0 Å². The van der Waals surface area contributed by atoms with E-state index in [9.17, 15) is 9.59 Å². The van der Waals surface area contributed by atoms with Crippen LogP contribution < -0.4 is 5.32 Å². The summed E-state index contributed by atoms with van der Waals surface area (Å²) >= 11 is 0. The molecule has 2 heterocycles. The molecule has 0 aliphatic carbocycles. The number of fused-ring (bicyclic) bond motifs is 1. The standard InChI is InChI=1S/C30H42N4O3/c1-5-32-17-14-24-12-9-13-27(26(24)22-32)31-20-28(35)34(21-23-10-7-6-8-11-23)25-15-18-33(19-16-25)29(36)37-30(2,3)4/h6-13,25,31H,5,14-22H2,1-4H3. The van der Waals surface area contributed by atoms with E-state index in [0.717, 1.165) is 50.1 Å². The molecule has 0 unspecified atom stereocenters. The van der Waals surface area contributed by atoms with Crippen molar-refractivity contribution in [3.8, 4) is 0 Å². The van der Waals surface area contributed by atoms with Crippen molar-refractivity contribution in [3.63, 3.8) is 0 Å². The smallest absolute Gasteiger partial charge is 0.410 e. The zero-order valence-corrected chi connectivity index (χ0v) is 22.8. The summed E-state index contributed by atoms with van der Waals surface area (Å²) in [4.78, 5) is 32.4. The number of carbonyl (C=O) groups is 2. The summed E-state index contributed by atoms with van der Waals surface area (Å²) in [5.74, 6) is 0.0836. The van der Waals surface area contributed by atoms with Crippen LogP contribution in [0.5, 0.6) is 0 Å². The van der Waals surface area contributed by atoms with Crippen LogP contribution in [0.1, 0.15) is 57.2 Å². The van der Waals surface area contributed by atoms with Crippen molar-refractivity contribution in [3.05, 3.63) is 65.2 Å². The quantitative estimate of drug-likeness (QED) is 0.578. The molecule has 0 radical (unpaired) electrons. The van der Waals surface area contributed by atoms with Crippen molar-refractivity contribution in [2.75, 3.05) is 38.0 Å². The number of ether oxygens (including phenoxy) is 1. The average Bonchev–Trinajstić information content (AvgIpc) is 2.89. The molecule has 7 nitrogen and oxygen atoms in total. The van der Waals surface area contributed by atoms with E-state index in [-0.39, 0.29) is 24.6 Å². The lowest BCUT2D eigenvalue weighted by atomic mass is 9.98. The van der Waals surface area contributed by atoms with Gasteiger partial charge in [0.05, 0.1) is 6.54 Å². The minimum Gasteiger partial charge on any atom is -0.444 e. The molecule has 2 aliphatic heterocycles. The molecule has 0 aromatic heterocycles. The second-order valence-corrected chi connectivity index (χ2v) is 11.1. The first-order valence-corrected chi connectivity index (χ1v) is 13.6. The van der Waals surface area contributed by atoms with Gasteiger partial charge < -0.3 is 19.9 Å². The highest BCUT2D eigenvalue weighted by atomic mass is 16.6. The summed E-state index contributed by atoms with van der Waals surface area (Å²) in [5.41, 5.74) is 4.34. The highest BCUT2D eigenvalue weighted by molar-refractivity contribution is 5.81. The van der Waals surface area contributed by atoms with Crippen LogP contribution in [0.2, 0.25) is 0 Å². The molecule has 0 bridgehead atoms. The normalized spacial score (nSPS) is 16.7. The Labute approximate surface area is 221 Å². The maximum absolute atomic E-state index is 13.7. The van der Waals surface area contributed by atoms with Gasteiger partial charge in [0.2, 0.25) is 5.91 Å². The predicted octanol–water partition coefficient (Wildman–Crippen LogP) is 4.90. The maximum Gasteiger partial charge on any atom is 0.410 e. The Morgan fingerprint density at radius 2 is 1.76 bits per heavy atom. The van der Waals surface area contributed by atoms with Crippen molar-refractivity contribution in [1.82, 2.24) is 14.7 Å². The first-order valence-electron chi connectivity index (χ1n) is 13.6. The lowest BCUT2D eigenvalue weighted by molar-refractivity contribution is -0.133. The Bertz CT molecular complexity index is 1060. The van der Waals surface area contributed by atoms with Gasteiger partial charge in [-0.15, -0.1) is 0 Å². The second-order valence-electron chi connectivity index (χ2n) is 11.1. The molecule has 4 rings (SSSR count). The average molecular weight is 507 g/mol. The molecule has 0 spiro atoms. The molecular weight excluding hydrogens is 464 g/mol. The summed E-state index contributed by atoms with van der Waals surface area (Å²) in [7, 11) is 0. The first kappa shape index (κ1) is 27.0. The number of amides is 2. The molecule has 2 amide bonds. The van der Waals surface area contributed by atoms with Crippen LogP contribution in [0.4, 0.5) is 10.5 Å². The van der Waals surface area contributed by atoms with Crippen molar-refractivity contribution in [2.45, 2.75) is 71.7 Å². The molecule has 37 heavy (non-hydrogen) atoms. The van der Waals surface area contributed by atoms with Crippen LogP contribution in [0.3, 0.4) is 0 Å². The van der Waals surface area contributed by atoms with Gasteiger partial charge in [0.25, 0.3) is 0 Å². The molecule has 0 atom stereocenters.